The van der Waals surface area contributed by atoms with Gasteiger partial charge in [-0.05, 0) is 49.4 Å². The van der Waals surface area contributed by atoms with E-state index in [4.69, 9.17) is 14.6 Å². The van der Waals surface area contributed by atoms with Crippen LogP contribution in [0.5, 0.6) is 11.5 Å². The number of hydrogen-bond acceptors (Lipinski definition) is 7. The zero-order chi connectivity index (χ0) is 27.1. The third kappa shape index (κ3) is 7.12. The Bertz CT molecular complexity index is 1160. The number of carbonyl (C=O) groups is 1. The van der Waals surface area contributed by atoms with Crippen LogP contribution in [0, 0.1) is 0 Å². The minimum Gasteiger partial charge on any atom is -0.497 e. The van der Waals surface area contributed by atoms with E-state index in [1.807, 2.05) is 36.6 Å². The Morgan fingerprint density at radius 3 is 2.32 bits per heavy atom. The van der Waals surface area contributed by atoms with E-state index >= 15 is 0 Å². The summed E-state index contributed by atoms with van der Waals surface area (Å²) in [7, 11) is -2.30. The van der Waals surface area contributed by atoms with Crippen molar-refractivity contribution in [2.75, 3.05) is 31.4 Å². The van der Waals surface area contributed by atoms with Crippen molar-refractivity contribution < 1.29 is 27.8 Å². The average molecular weight is 551 g/mol. The van der Waals surface area contributed by atoms with Crippen LogP contribution in [0.25, 0.3) is 0 Å². The molecule has 8 nitrogen and oxygen atoms in total. The van der Waals surface area contributed by atoms with Crippen molar-refractivity contribution >= 4 is 39.1 Å². The molecule has 10 heteroatoms. The fourth-order valence-corrected chi connectivity index (χ4v) is 6.85. The van der Waals surface area contributed by atoms with Crippen LogP contribution < -0.4 is 19.1 Å². The first-order chi connectivity index (χ1) is 17.7. The molecule has 2 N–H and O–H groups in total. The van der Waals surface area contributed by atoms with Gasteiger partial charge in [0, 0.05) is 18.3 Å². The number of ether oxygens (including phenoxy) is 2. The van der Waals surface area contributed by atoms with Crippen molar-refractivity contribution in [3.8, 4) is 11.5 Å². The van der Waals surface area contributed by atoms with Gasteiger partial charge in [-0.25, -0.2) is 13.1 Å². The number of rotatable bonds is 13. The summed E-state index contributed by atoms with van der Waals surface area (Å²) in [5, 5.41) is 9.02. The Labute approximate surface area is 224 Å². The summed E-state index contributed by atoms with van der Waals surface area (Å²) in [5.41, 5.74) is 0.792. The van der Waals surface area contributed by atoms with Gasteiger partial charge in [0.1, 0.15) is 16.4 Å². The van der Waals surface area contributed by atoms with Crippen LogP contribution in [0.1, 0.15) is 58.8 Å². The largest absolute Gasteiger partial charge is 0.497 e. The zero-order valence-corrected chi connectivity index (χ0v) is 23.7. The number of hydrogen-bond donors (Lipinski definition) is 2. The van der Waals surface area contributed by atoms with Crippen LogP contribution in [-0.4, -0.2) is 51.5 Å². The summed E-state index contributed by atoms with van der Waals surface area (Å²) < 4.78 is 42.1. The Morgan fingerprint density at radius 2 is 1.78 bits per heavy atom. The van der Waals surface area contributed by atoms with Crippen molar-refractivity contribution in [1.82, 2.24) is 4.72 Å². The van der Waals surface area contributed by atoms with Crippen molar-refractivity contribution in [2.45, 2.75) is 74.1 Å². The molecule has 2 aromatic rings. The Morgan fingerprint density at radius 1 is 1.14 bits per heavy atom. The van der Waals surface area contributed by atoms with E-state index in [1.165, 1.54) is 17.8 Å². The quantitative estimate of drug-likeness (QED) is 0.301. The standard InChI is InChI=1S/C27H38N2O6S2/c1-5-7-14-27(15-8-6-2)19-29(20-9-11-21(34-3)12-10-20)22-17-24(36-4)23(35-16-13-26(30)31)18-25(22)37(32,33)28-27/h9-12,17-18,28H,5-8,13-16,19H2,1-4H3,(H,30,31). The van der Waals surface area contributed by atoms with E-state index in [9.17, 15) is 13.2 Å². The molecule has 1 aliphatic rings. The molecular formula is C27H38N2O6S2. The number of nitrogens with one attached hydrogen (secondary N) is 1. The van der Waals surface area contributed by atoms with Crippen LogP contribution in [0.2, 0.25) is 0 Å². The number of fused-ring (bicyclic) bond motifs is 1. The van der Waals surface area contributed by atoms with Gasteiger partial charge in [0.05, 0.1) is 36.3 Å². The highest BCUT2D eigenvalue weighted by atomic mass is 32.2. The van der Waals surface area contributed by atoms with Crippen molar-refractivity contribution in [3.05, 3.63) is 36.4 Å². The van der Waals surface area contributed by atoms with E-state index in [2.05, 4.69) is 23.5 Å². The van der Waals surface area contributed by atoms with Crippen LogP contribution in [0.4, 0.5) is 11.4 Å². The number of anilines is 2. The number of aliphatic carboxylic acids is 1. The summed E-state index contributed by atoms with van der Waals surface area (Å²) in [6.45, 7) is 4.66. The molecule has 0 unspecified atom stereocenters. The van der Waals surface area contributed by atoms with Crippen LogP contribution >= 0.6 is 11.8 Å². The molecule has 1 heterocycles. The number of carboxylic acid groups (broad SMARTS) is 1. The molecular weight excluding hydrogens is 512 g/mol. The van der Waals surface area contributed by atoms with E-state index in [0.717, 1.165) is 54.9 Å². The van der Waals surface area contributed by atoms with Gasteiger partial charge in [-0.2, -0.15) is 0 Å². The normalized spacial score (nSPS) is 16.1. The maximum Gasteiger partial charge on any atom is 0.306 e. The molecule has 0 aliphatic carbocycles. The van der Waals surface area contributed by atoms with Crippen LogP contribution in [-0.2, 0) is 14.8 Å². The van der Waals surface area contributed by atoms with E-state index < -0.39 is 21.5 Å². The highest BCUT2D eigenvalue weighted by molar-refractivity contribution is 7.98. The number of sulfonamides is 1. The van der Waals surface area contributed by atoms with Gasteiger partial charge >= 0.3 is 5.97 Å². The van der Waals surface area contributed by atoms with Gasteiger partial charge in [-0.3, -0.25) is 4.79 Å². The third-order valence-electron chi connectivity index (χ3n) is 6.61. The second kappa shape index (κ2) is 12.9. The number of benzene rings is 2. The molecule has 0 saturated carbocycles. The average Bonchev–Trinajstić information content (AvgIpc) is 2.97. The molecule has 0 aromatic heterocycles. The summed E-state index contributed by atoms with van der Waals surface area (Å²) in [5.74, 6) is 0.110. The summed E-state index contributed by atoms with van der Waals surface area (Å²) in [6, 6.07) is 11.0. The Balaban J connectivity index is 2.21. The lowest BCUT2D eigenvalue weighted by atomic mass is 9.87. The molecule has 2 aromatic carbocycles. The van der Waals surface area contributed by atoms with E-state index in [1.54, 1.807) is 7.11 Å². The lowest BCUT2D eigenvalue weighted by Gasteiger charge is -2.37. The molecule has 204 valence electrons. The first kappa shape index (κ1) is 29.1. The fraction of sp³-hybridized carbons (Fsp3) is 0.519. The second-order valence-electron chi connectivity index (χ2n) is 9.34. The van der Waals surface area contributed by atoms with Crippen molar-refractivity contribution in [1.29, 1.82) is 0 Å². The number of unbranched alkanes of at least 4 members (excludes halogenated alkanes) is 2. The Kier molecular flexibility index (Phi) is 10.1. The molecule has 0 atom stereocenters. The SMILES string of the molecule is CCCCC1(CCCC)CN(c2ccc(OC)cc2)c2cc(SC)c(OCCC(=O)O)cc2S(=O)(=O)N1. The van der Waals surface area contributed by atoms with Crippen molar-refractivity contribution in [2.24, 2.45) is 0 Å². The number of nitrogens with zero attached hydrogens (tertiary/aromatic N) is 1. The molecule has 0 fully saturated rings. The van der Waals surface area contributed by atoms with Crippen LogP contribution in [0.15, 0.2) is 46.2 Å². The Hall–Kier alpha value is -2.43. The maximum absolute atomic E-state index is 13.9. The first-order valence-electron chi connectivity index (χ1n) is 12.7. The molecule has 0 saturated heterocycles. The van der Waals surface area contributed by atoms with Gasteiger partial charge in [0.25, 0.3) is 0 Å². The van der Waals surface area contributed by atoms with Gasteiger partial charge in [0.2, 0.25) is 10.0 Å². The predicted octanol–water partition coefficient (Wildman–Crippen LogP) is 5.82. The molecule has 0 amide bonds. The third-order valence-corrected chi connectivity index (χ3v) is 8.98. The van der Waals surface area contributed by atoms with Crippen molar-refractivity contribution in [3.63, 3.8) is 0 Å². The molecule has 0 radical (unpaired) electrons. The van der Waals surface area contributed by atoms with E-state index in [0.29, 0.717) is 18.0 Å². The number of thioether (sulfide) groups is 1. The maximum atomic E-state index is 13.9. The van der Waals surface area contributed by atoms with Gasteiger partial charge in [-0.1, -0.05) is 39.5 Å². The highest BCUT2D eigenvalue weighted by Gasteiger charge is 2.42. The molecule has 1 aliphatic heterocycles. The molecule has 0 bridgehead atoms. The minimum absolute atomic E-state index is 0.0473. The summed E-state index contributed by atoms with van der Waals surface area (Å²) in [4.78, 5) is 14.0. The molecule has 3 rings (SSSR count). The van der Waals surface area contributed by atoms with Crippen LogP contribution in [0.3, 0.4) is 0 Å². The molecule has 0 spiro atoms. The van der Waals surface area contributed by atoms with Gasteiger partial charge < -0.3 is 19.5 Å². The second-order valence-corrected chi connectivity index (χ2v) is 11.8. The van der Waals surface area contributed by atoms with E-state index in [-0.39, 0.29) is 17.9 Å². The lowest BCUT2D eigenvalue weighted by molar-refractivity contribution is -0.137. The zero-order valence-electron chi connectivity index (χ0n) is 22.1. The lowest BCUT2D eigenvalue weighted by Crippen LogP contribution is -2.53. The predicted molar refractivity (Wildman–Crippen MR) is 148 cm³/mol. The fourth-order valence-electron chi connectivity index (χ4n) is 4.65. The van der Waals surface area contributed by atoms with Gasteiger partial charge in [0.15, 0.2) is 0 Å². The topological polar surface area (TPSA) is 105 Å². The number of methoxy groups -OCH3 is 1. The molecule has 37 heavy (non-hydrogen) atoms. The van der Waals surface area contributed by atoms with Gasteiger partial charge in [-0.15, -0.1) is 11.8 Å². The smallest absolute Gasteiger partial charge is 0.306 e. The summed E-state index contributed by atoms with van der Waals surface area (Å²) in [6.07, 6.45) is 6.88. The minimum atomic E-state index is -3.91. The summed E-state index contributed by atoms with van der Waals surface area (Å²) >= 11 is 1.43. The monoisotopic (exact) mass is 550 g/mol. The highest BCUT2D eigenvalue weighted by Crippen LogP contribution is 2.44. The first-order valence-corrected chi connectivity index (χ1v) is 15.4. The number of carboxylic acids is 1.